The molecule has 2 rings (SSSR count). The fourth-order valence-corrected chi connectivity index (χ4v) is 2.63. The first-order valence-corrected chi connectivity index (χ1v) is 6.65. The van der Waals surface area contributed by atoms with Crippen LogP contribution in [-0.2, 0) is 11.3 Å². The number of likely N-dealkylation sites (N-methyl/N-ethyl adjacent to an activating group) is 1. The highest BCUT2D eigenvalue weighted by molar-refractivity contribution is 5.09. The molecule has 2 heterocycles. The Morgan fingerprint density at radius 2 is 2.17 bits per heavy atom. The molecule has 0 amide bonds. The third kappa shape index (κ3) is 3.28. The molecule has 4 nitrogen and oxygen atoms in total. The van der Waals surface area contributed by atoms with Gasteiger partial charge in [-0.2, -0.15) is 0 Å². The third-order valence-corrected chi connectivity index (χ3v) is 3.68. The van der Waals surface area contributed by atoms with Gasteiger partial charge in [-0.15, -0.1) is 0 Å². The van der Waals surface area contributed by atoms with E-state index >= 15 is 0 Å². The van der Waals surface area contributed by atoms with Crippen LogP contribution < -0.4 is 5.73 Å². The van der Waals surface area contributed by atoms with Gasteiger partial charge in [0, 0.05) is 31.5 Å². The topological polar surface area (TPSA) is 51.4 Å². The SMILES string of the molecule is CC1CCC(C(CN)N(C)Cc2ccncc2)O1. The molecule has 1 aliphatic heterocycles. The normalized spacial score (nSPS) is 25.6. The number of ether oxygens (including phenoxy) is 1. The van der Waals surface area contributed by atoms with E-state index in [1.165, 1.54) is 5.56 Å². The van der Waals surface area contributed by atoms with Crippen LogP contribution in [0.5, 0.6) is 0 Å². The van der Waals surface area contributed by atoms with Gasteiger partial charge in [0.15, 0.2) is 0 Å². The molecule has 0 radical (unpaired) electrons. The van der Waals surface area contributed by atoms with Crippen molar-refractivity contribution in [1.82, 2.24) is 9.88 Å². The van der Waals surface area contributed by atoms with E-state index in [9.17, 15) is 0 Å². The Kier molecular flexibility index (Phi) is 4.69. The summed E-state index contributed by atoms with van der Waals surface area (Å²) in [6.07, 6.45) is 6.56. The Morgan fingerprint density at radius 3 is 2.72 bits per heavy atom. The number of nitrogens with two attached hydrogens (primary N) is 1. The number of nitrogens with zero attached hydrogens (tertiary/aromatic N) is 2. The van der Waals surface area contributed by atoms with Crippen molar-refractivity contribution in [3.63, 3.8) is 0 Å². The molecule has 4 heteroatoms. The standard InChI is InChI=1S/C14H23N3O/c1-11-3-4-14(18-11)13(9-15)17(2)10-12-5-7-16-8-6-12/h5-8,11,13-14H,3-4,9-10,15H2,1-2H3. The van der Waals surface area contributed by atoms with E-state index in [0.717, 1.165) is 19.4 Å². The summed E-state index contributed by atoms with van der Waals surface area (Å²) in [7, 11) is 2.12. The van der Waals surface area contributed by atoms with E-state index < -0.39 is 0 Å². The van der Waals surface area contributed by atoms with E-state index in [2.05, 4.69) is 23.9 Å². The van der Waals surface area contributed by atoms with Gasteiger partial charge in [0.1, 0.15) is 0 Å². The fourth-order valence-electron chi connectivity index (χ4n) is 2.63. The molecule has 1 aromatic rings. The Labute approximate surface area is 109 Å². The summed E-state index contributed by atoms with van der Waals surface area (Å²) in [5.41, 5.74) is 7.18. The van der Waals surface area contributed by atoms with Gasteiger partial charge in [-0.25, -0.2) is 0 Å². The number of rotatable bonds is 5. The lowest BCUT2D eigenvalue weighted by Crippen LogP contribution is -2.46. The summed E-state index contributed by atoms with van der Waals surface area (Å²) in [5.74, 6) is 0. The smallest absolute Gasteiger partial charge is 0.0747 e. The second-order valence-corrected chi connectivity index (χ2v) is 5.14. The monoisotopic (exact) mass is 249 g/mol. The average Bonchev–Trinajstić information content (AvgIpc) is 2.78. The molecule has 0 saturated carbocycles. The van der Waals surface area contributed by atoms with Crippen molar-refractivity contribution in [3.8, 4) is 0 Å². The molecular weight excluding hydrogens is 226 g/mol. The van der Waals surface area contributed by atoms with Gasteiger partial charge < -0.3 is 10.5 Å². The fraction of sp³-hybridized carbons (Fsp3) is 0.643. The van der Waals surface area contributed by atoms with Crippen LogP contribution in [0.4, 0.5) is 0 Å². The number of pyridine rings is 1. The zero-order valence-corrected chi connectivity index (χ0v) is 11.2. The van der Waals surface area contributed by atoms with Crippen LogP contribution in [-0.4, -0.2) is 41.7 Å². The van der Waals surface area contributed by atoms with Crippen molar-refractivity contribution >= 4 is 0 Å². The second-order valence-electron chi connectivity index (χ2n) is 5.14. The average molecular weight is 249 g/mol. The summed E-state index contributed by atoms with van der Waals surface area (Å²) in [4.78, 5) is 6.33. The van der Waals surface area contributed by atoms with Crippen molar-refractivity contribution < 1.29 is 4.74 Å². The van der Waals surface area contributed by atoms with E-state index in [1.807, 2.05) is 24.5 Å². The molecule has 100 valence electrons. The minimum atomic E-state index is 0.275. The van der Waals surface area contributed by atoms with Gasteiger partial charge in [0.2, 0.25) is 0 Å². The van der Waals surface area contributed by atoms with Crippen LogP contribution in [0.1, 0.15) is 25.3 Å². The van der Waals surface area contributed by atoms with Gasteiger partial charge in [-0.3, -0.25) is 9.88 Å². The zero-order chi connectivity index (χ0) is 13.0. The molecule has 0 aromatic carbocycles. The first kappa shape index (κ1) is 13.5. The molecular formula is C14H23N3O. The highest BCUT2D eigenvalue weighted by Gasteiger charge is 2.31. The molecule has 2 N–H and O–H groups in total. The van der Waals surface area contributed by atoms with Crippen LogP contribution in [0, 0.1) is 0 Å². The summed E-state index contributed by atoms with van der Waals surface area (Å²) >= 11 is 0. The summed E-state index contributed by atoms with van der Waals surface area (Å²) in [5, 5.41) is 0. The van der Waals surface area contributed by atoms with Crippen LogP contribution in [0.25, 0.3) is 0 Å². The summed E-state index contributed by atoms with van der Waals surface area (Å²) < 4.78 is 5.94. The molecule has 1 saturated heterocycles. The van der Waals surface area contributed by atoms with Crippen LogP contribution in [0.15, 0.2) is 24.5 Å². The molecule has 3 unspecified atom stereocenters. The maximum absolute atomic E-state index is 5.94. The number of hydrogen-bond donors (Lipinski definition) is 1. The molecule has 0 bridgehead atoms. The van der Waals surface area contributed by atoms with Gasteiger partial charge in [-0.05, 0) is 44.5 Å². The first-order chi connectivity index (χ1) is 8.70. The number of aromatic nitrogens is 1. The lowest BCUT2D eigenvalue weighted by Gasteiger charge is -2.31. The van der Waals surface area contributed by atoms with Crippen LogP contribution in [0.2, 0.25) is 0 Å². The van der Waals surface area contributed by atoms with E-state index in [0.29, 0.717) is 18.7 Å². The largest absolute Gasteiger partial charge is 0.374 e. The predicted molar refractivity (Wildman–Crippen MR) is 72.1 cm³/mol. The van der Waals surface area contributed by atoms with Crippen molar-refractivity contribution in [3.05, 3.63) is 30.1 Å². The van der Waals surface area contributed by atoms with Crippen LogP contribution >= 0.6 is 0 Å². The molecule has 1 aliphatic rings. The van der Waals surface area contributed by atoms with Gasteiger partial charge in [-0.1, -0.05) is 0 Å². The summed E-state index contributed by atoms with van der Waals surface area (Å²) in [6.45, 7) is 3.66. The Morgan fingerprint density at radius 1 is 1.44 bits per heavy atom. The minimum absolute atomic E-state index is 0.275. The van der Waals surface area contributed by atoms with Crippen molar-refractivity contribution in [2.45, 2.75) is 44.6 Å². The highest BCUT2D eigenvalue weighted by atomic mass is 16.5. The van der Waals surface area contributed by atoms with Crippen LogP contribution in [0.3, 0.4) is 0 Å². The highest BCUT2D eigenvalue weighted by Crippen LogP contribution is 2.24. The lowest BCUT2D eigenvalue weighted by molar-refractivity contribution is 0.000838. The third-order valence-electron chi connectivity index (χ3n) is 3.68. The second kappa shape index (κ2) is 6.27. The van der Waals surface area contributed by atoms with Gasteiger partial charge >= 0.3 is 0 Å². The maximum Gasteiger partial charge on any atom is 0.0747 e. The molecule has 1 aromatic heterocycles. The molecule has 0 aliphatic carbocycles. The molecule has 18 heavy (non-hydrogen) atoms. The molecule has 3 atom stereocenters. The van der Waals surface area contributed by atoms with E-state index in [1.54, 1.807) is 0 Å². The van der Waals surface area contributed by atoms with Crippen molar-refractivity contribution in [2.24, 2.45) is 5.73 Å². The molecule has 1 fully saturated rings. The van der Waals surface area contributed by atoms with Crippen molar-refractivity contribution in [1.29, 1.82) is 0 Å². The maximum atomic E-state index is 5.94. The van der Waals surface area contributed by atoms with Crippen molar-refractivity contribution in [2.75, 3.05) is 13.6 Å². The van der Waals surface area contributed by atoms with Gasteiger partial charge in [0.05, 0.1) is 12.2 Å². The minimum Gasteiger partial charge on any atom is -0.374 e. The van der Waals surface area contributed by atoms with E-state index in [4.69, 9.17) is 10.5 Å². The zero-order valence-electron chi connectivity index (χ0n) is 11.2. The summed E-state index contributed by atoms with van der Waals surface area (Å²) in [6, 6.07) is 4.38. The van der Waals surface area contributed by atoms with E-state index in [-0.39, 0.29) is 6.10 Å². The lowest BCUT2D eigenvalue weighted by atomic mass is 10.1. The predicted octanol–water partition coefficient (Wildman–Crippen LogP) is 1.41. The Bertz CT molecular complexity index is 357. The first-order valence-electron chi connectivity index (χ1n) is 6.65. The Balaban J connectivity index is 1.95. The Hall–Kier alpha value is -0.970. The number of hydrogen-bond acceptors (Lipinski definition) is 4. The van der Waals surface area contributed by atoms with Gasteiger partial charge in [0.25, 0.3) is 0 Å². The quantitative estimate of drug-likeness (QED) is 0.857. The molecule has 0 spiro atoms.